The van der Waals surface area contributed by atoms with Crippen LogP contribution in [0.3, 0.4) is 0 Å². The molecule has 1 fully saturated rings. The normalized spacial score (nSPS) is 16.0. The number of non-ortho nitro benzene ring substituents is 1. The van der Waals surface area contributed by atoms with Crippen molar-refractivity contribution in [1.29, 1.82) is 0 Å². The predicted octanol–water partition coefficient (Wildman–Crippen LogP) is 3.98. The van der Waals surface area contributed by atoms with E-state index in [0.717, 1.165) is 25.8 Å². The monoisotopic (exact) mass is 480 g/mol. The van der Waals surface area contributed by atoms with E-state index in [0.29, 0.717) is 17.4 Å². The number of rotatable bonds is 7. The number of hydrogen-bond donors (Lipinski definition) is 2. The van der Waals surface area contributed by atoms with Gasteiger partial charge in [-0.05, 0) is 56.6 Å². The summed E-state index contributed by atoms with van der Waals surface area (Å²) in [4.78, 5) is 37.6. The minimum absolute atomic E-state index is 0.0632. The fourth-order valence-electron chi connectivity index (χ4n) is 3.98. The smallest absolute Gasteiger partial charge is 0.269 e. The molecular formula is C24H25FN6O4. The predicted molar refractivity (Wildman–Crippen MR) is 128 cm³/mol. The summed E-state index contributed by atoms with van der Waals surface area (Å²) in [6.07, 6.45) is 6.01. The number of amides is 2. The summed E-state index contributed by atoms with van der Waals surface area (Å²) in [6.45, 7) is 3.22. The lowest BCUT2D eigenvalue weighted by molar-refractivity contribution is -0.384. The van der Waals surface area contributed by atoms with Crippen LogP contribution in [0.4, 0.5) is 21.5 Å². The summed E-state index contributed by atoms with van der Waals surface area (Å²) < 4.78 is 15.8. The number of benzene rings is 2. The summed E-state index contributed by atoms with van der Waals surface area (Å²) in [5.41, 5.74) is 0.914. The van der Waals surface area contributed by atoms with Gasteiger partial charge in [0.1, 0.15) is 5.82 Å². The molecule has 0 aliphatic carbocycles. The van der Waals surface area contributed by atoms with Crippen LogP contribution in [0.5, 0.6) is 0 Å². The van der Waals surface area contributed by atoms with Gasteiger partial charge in [-0.3, -0.25) is 24.6 Å². The van der Waals surface area contributed by atoms with Gasteiger partial charge in [-0.25, -0.2) is 9.07 Å². The molecule has 11 heteroatoms. The number of nitrogens with one attached hydrogen (secondary N) is 2. The number of carbonyl (C=O) groups excluding carboxylic acids is 2. The zero-order valence-corrected chi connectivity index (χ0v) is 19.1. The topological polar surface area (TPSA) is 122 Å². The van der Waals surface area contributed by atoms with Crippen LogP contribution in [-0.4, -0.2) is 50.5 Å². The Morgan fingerprint density at radius 2 is 1.94 bits per heavy atom. The molecule has 0 spiro atoms. The van der Waals surface area contributed by atoms with Gasteiger partial charge in [0.15, 0.2) is 0 Å². The average Bonchev–Trinajstić information content (AvgIpc) is 3.33. The second kappa shape index (κ2) is 10.4. The summed E-state index contributed by atoms with van der Waals surface area (Å²) in [7, 11) is 0. The molecule has 35 heavy (non-hydrogen) atoms. The summed E-state index contributed by atoms with van der Waals surface area (Å²) >= 11 is 0. The molecule has 1 atom stereocenters. The number of aromatic nitrogens is 2. The van der Waals surface area contributed by atoms with Gasteiger partial charge in [0.25, 0.3) is 11.6 Å². The third-order valence-electron chi connectivity index (χ3n) is 5.96. The summed E-state index contributed by atoms with van der Waals surface area (Å²) in [5, 5.41) is 20.2. The Hall–Kier alpha value is -4.12. The van der Waals surface area contributed by atoms with Crippen molar-refractivity contribution >= 4 is 28.9 Å². The highest BCUT2D eigenvalue weighted by Gasteiger charge is 2.21. The van der Waals surface area contributed by atoms with E-state index in [9.17, 15) is 24.1 Å². The number of nitro benzene ring substituents is 1. The third kappa shape index (κ3) is 5.87. The molecule has 0 radical (unpaired) electrons. The maximum absolute atomic E-state index is 14.4. The van der Waals surface area contributed by atoms with E-state index in [-0.39, 0.29) is 29.4 Å². The summed E-state index contributed by atoms with van der Waals surface area (Å²) in [5.74, 6) is -1.45. The number of halogens is 1. The fraction of sp³-hybridized carbons (Fsp3) is 0.292. The van der Waals surface area contributed by atoms with Gasteiger partial charge in [0.05, 0.1) is 34.6 Å². The highest BCUT2D eigenvalue weighted by atomic mass is 19.1. The van der Waals surface area contributed by atoms with Crippen molar-refractivity contribution in [2.75, 3.05) is 23.7 Å². The number of carbonyl (C=O) groups is 2. The molecule has 1 unspecified atom stereocenters. The standard InChI is InChI=1S/C24H25FN6O4/c1-16-4-2-3-11-29(16)15-23(32)27-18-5-10-21(25)22(12-18)28-24(33)17-13-26-30(14-17)19-6-8-20(9-7-19)31(34)35/h5-10,12-14,16H,2-4,11,15H2,1H3,(H,27,32)(H,28,33). The van der Waals surface area contributed by atoms with Crippen LogP contribution >= 0.6 is 0 Å². The van der Waals surface area contributed by atoms with Gasteiger partial charge in [0.2, 0.25) is 5.91 Å². The Morgan fingerprint density at radius 1 is 1.17 bits per heavy atom. The van der Waals surface area contributed by atoms with E-state index in [1.807, 2.05) is 0 Å². The van der Waals surface area contributed by atoms with Gasteiger partial charge >= 0.3 is 0 Å². The molecule has 1 aromatic heterocycles. The first-order valence-electron chi connectivity index (χ1n) is 11.2. The van der Waals surface area contributed by atoms with E-state index in [1.165, 1.54) is 59.5 Å². The molecule has 2 aromatic carbocycles. The van der Waals surface area contributed by atoms with Crippen molar-refractivity contribution in [1.82, 2.24) is 14.7 Å². The molecule has 3 aromatic rings. The van der Waals surface area contributed by atoms with Gasteiger partial charge in [0, 0.05) is 30.1 Å². The Bertz CT molecular complexity index is 1240. The van der Waals surface area contributed by atoms with E-state index >= 15 is 0 Å². The van der Waals surface area contributed by atoms with Crippen LogP contribution in [0, 0.1) is 15.9 Å². The lowest BCUT2D eigenvalue weighted by Gasteiger charge is -2.32. The molecular weight excluding hydrogens is 455 g/mol. The number of anilines is 2. The van der Waals surface area contributed by atoms with Crippen LogP contribution in [0.15, 0.2) is 54.9 Å². The molecule has 182 valence electrons. The lowest BCUT2D eigenvalue weighted by atomic mass is 10.0. The van der Waals surface area contributed by atoms with Gasteiger partial charge in [-0.15, -0.1) is 0 Å². The summed E-state index contributed by atoms with van der Waals surface area (Å²) in [6, 6.07) is 9.99. The third-order valence-corrected chi connectivity index (χ3v) is 5.96. The lowest BCUT2D eigenvalue weighted by Crippen LogP contribution is -2.42. The number of hydrogen-bond acceptors (Lipinski definition) is 6. The minimum Gasteiger partial charge on any atom is -0.325 e. The molecule has 1 saturated heterocycles. The minimum atomic E-state index is -0.649. The first kappa shape index (κ1) is 24.0. The molecule has 2 amide bonds. The van der Waals surface area contributed by atoms with Crippen molar-refractivity contribution < 1.29 is 18.9 Å². The van der Waals surface area contributed by atoms with Crippen molar-refractivity contribution in [3.05, 3.63) is 76.4 Å². The molecule has 4 rings (SSSR count). The van der Waals surface area contributed by atoms with Crippen molar-refractivity contribution in [3.63, 3.8) is 0 Å². The van der Waals surface area contributed by atoms with Gasteiger partial charge in [-0.2, -0.15) is 5.10 Å². The second-order valence-corrected chi connectivity index (χ2v) is 8.46. The van der Waals surface area contributed by atoms with E-state index in [4.69, 9.17) is 0 Å². The maximum atomic E-state index is 14.4. The van der Waals surface area contributed by atoms with Crippen LogP contribution in [0.2, 0.25) is 0 Å². The maximum Gasteiger partial charge on any atom is 0.269 e. The Morgan fingerprint density at radius 3 is 2.66 bits per heavy atom. The fourth-order valence-corrected chi connectivity index (χ4v) is 3.98. The van der Waals surface area contributed by atoms with Crippen molar-refractivity contribution in [3.8, 4) is 5.69 Å². The molecule has 10 nitrogen and oxygen atoms in total. The quantitative estimate of drug-likeness (QED) is 0.390. The molecule has 0 bridgehead atoms. The first-order valence-corrected chi connectivity index (χ1v) is 11.2. The zero-order valence-electron chi connectivity index (χ0n) is 19.1. The van der Waals surface area contributed by atoms with Gasteiger partial charge in [-0.1, -0.05) is 6.42 Å². The Balaban J connectivity index is 1.41. The van der Waals surface area contributed by atoms with Crippen molar-refractivity contribution in [2.24, 2.45) is 0 Å². The average molecular weight is 481 g/mol. The van der Waals surface area contributed by atoms with Crippen LogP contribution in [-0.2, 0) is 4.79 Å². The van der Waals surface area contributed by atoms with E-state index in [2.05, 4.69) is 27.6 Å². The van der Waals surface area contributed by atoms with Gasteiger partial charge < -0.3 is 10.6 Å². The van der Waals surface area contributed by atoms with Crippen molar-refractivity contribution in [2.45, 2.75) is 32.2 Å². The largest absolute Gasteiger partial charge is 0.325 e. The zero-order chi connectivity index (χ0) is 24.9. The molecule has 2 N–H and O–H groups in total. The van der Waals surface area contributed by atoms with Crippen LogP contribution in [0.1, 0.15) is 36.5 Å². The second-order valence-electron chi connectivity index (χ2n) is 8.46. The highest BCUT2D eigenvalue weighted by molar-refractivity contribution is 6.04. The van der Waals surface area contributed by atoms with Crippen LogP contribution in [0.25, 0.3) is 5.69 Å². The molecule has 2 heterocycles. The molecule has 1 aliphatic rings. The number of nitro groups is 1. The number of piperidine rings is 1. The number of nitrogens with zero attached hydrogens (tertiary/aromatic N) is 4. The SMILES string of the molecule is CC1CCCCN1CC(=O)Nc1ccc(F)c(NC(=O)c2cnn(-c3ccc([N+](=O)[O-])cc3)c2)c1. The first-order chi connectivity index (χ1) is 16.8. The number of likely N-dealkylation sites (tertiary alicyclic amines) is 1. The van der Waals surface area contributed by atoms with Crippen LogP contribution < -0.4 is 10.6 Å². The van der Waals surface area contributed by atoms with E-state index in [1.54, 1.807) is 0 Å². The highest BCUT2D eigenvalue weighted by Crippen LogP contribution is 2.22. The Kier molecular flexibility index (Phi) is 7.16. The van der Waals surface area contributed by atoms with E-state index < -0.39 is 16.6 Å². The molecule has 1 aliphatic heterocycles. The Labute approximate surface area is 200 Å². The molecule has 0 saturated carbocycles.